The van der Waals surface area contributed by atoms with Gasteiger partial charge in [0.05, 0.1) is 39.1 Å². The number of ether oxygens (including phenoxy) is 5. The van der Waals surface area contributed by atoms with Gasteiger partial charge in [-0.2, -0.15) is 0 Å². The topological polar surface area (TPSA) is 46.2 Å². The van der Waals surface area contributed by atoms with Crippen LogP contribution >= 0.6 is 0 Å². The molecule has 0 unspecified atom stereocenters. The first-order valence-electron chi connectivity index (χ1n) is 16.5. The summed E-state index contributed by atoms with van der Waals surface area (Å²) in [5, 5.41) is 0. The van der Waals surface area contributed by atoms with Gasteiger partial charge >= 0.3 is 0 Å². The smallest absolute Gasteiger partial charge is 0.113 e. The molecule has 0 heterocycles. The molecule has 2 bridgehead atoms. The van der Waals surface area contributed by atoms with E-state index in [1.807, 2.05) is 48.5 Å². The Balaban J connectivity index is 1.33. The van der Waals surface area contributed by atoms with E-state index in [9.17, 15) is 0 Å². The zero-order chi connectivity index (χ0) is 31.4. The van der Waals surface area contributed by atoms with E-state index in [2.05, 4.69) is 84.9 Å². The van der Waals surface area contributed by atoms with Gasteiger partial charge in [0.1, 0.15) is 12.2 Å². The highest BCUT2D eigenvalue weighted by atomic mass is 16.6. The third-order valence-corrected chi connectivity index (χ3v) is 9.39. The van der Waals surface area contributed by atoms with Crippen LogP contribution in [-0.4, -0.2) is 38.6 Å². The largest absolute Gasteiger partial charge is 0.384 e. The van der Waals surface area contributed by atoms with Gasteiger partial charge in [-0.05, 0) is 52.3 Å². The molecule has 0 saturated heterocycles. The van der Waals surface area contributed by atoms with E-state index in [1.165, 1.54) is 0 Å². The number of fused-ring (bicyclic) bond motifs is 2. The summed E-state index contributed by atoms with van der Waals surface area (Å²) >= 11 is 0. The van der Waals surface area contributed by atoms with E-state index < -0.39 is 0 Å². The van der Waals surface area contributed by atoms with Crippen molar-refractivity contribution in [2.45, 2.75) is 51.2 Å². The summed E-state index contributed by atoms with van der Waals surface area (Å²) in [6.07, 6.45) is 4.88. The zero-order valence-corrected chi connectivity index (χ0v) is 26.7. The number of benzene rings is 4. The molecule has 4 aromatic carbocycles. The number of methoxy groups -OCH3 is 1. The molecule has 5 nitrogen and oxygen atoms in total. The quantitative estimate of drug-likeness (QED) is 0.106. The van der Waals surface area contributed by atoms with Crippen LogP contribution in [0.2, 0.25) is 0 Å². The van der Waals surface area contributed by atoms with Gasteiger partial charge in [0.2, 0.25) is 0 Å². The number of hydrogen-bond donors (Lipinski definition) is 0. The Bertz CT molecular complexity index is 1450. The lowest BCUT2D eigenvalue weighted by atomic mass is 9.77. The SMILES string of the molecule is COC[C@@H]1[C@H]([C@@H](OCc2ccccc2)[C@H](OCc2ccccc2)[C@@H](COCc2ccccc2)OCc2ccccc2)[C@H]2C=C[C@@H]1C2. The van der Waals surface area contributed by atoms with Crippen molar-refractivity contribution in [3.05, 3.63) is 156 Å². The summed E-state index contributed by atoms with van der Waals surface area (Å²) in [5.41, 5.74) is 4.49. The van der Waals surface area contributed by atoms with E-state index in [0.29, 0.717) is 57.4 Å². The highest BCUT2D eigenvalue weighted by Crippen LogP contribution is 2.51. The van der Waals surface area contributed by atoms with E-state index >= 15 is 0 Å². The molecule has 4 aromatic rings. The molecule has 7 atom stereocenters. The predicted octanol–water partition coefficient (Wildman–Crippen LogP) is 8.04. The second-order valence-corrected chi connectivity index (χ2v) is 12.5. The maximum absolute atomic E-state index is 7.04. The van der Waals surface area contributed by atoms with Crippen molar-refractivity contribution < 1.29 is 23.7 Å². The van der Waals surface area contributed by atoms with Crippen molar-refractivity contribution in [2.24, 2.45) is 23.7 Å². The second kappa shape index (κ2) is 16.8. The van der Waals surface area contributed by atoms with Crippen molar-refractivity contribution >= 4 is 0 Å². The third-order valence-electron chi connectivity index (χ3n) is 9.39. The van der Waals surface area contributed by atoms with Crippen molar-refractivity contribution in [1.29, 1.82) is 0 Å². The minimum atomic E-state index is -0.388. The third kappa shape index (κ3) is 8.61. The van der Waals surface area contributed by atoms with Gasteiger partial charge in [0.15, 0.2) is 0 Å². The fourth-order valence-electron chi connectivity index (χ4n) is 7.13. The highest BCUT2D eigenvalue weighted by Gasteiger charge is 2.52. The van der Waals surface area contributed by atoms with Crippen LogP contribution < -0.4 is 0 Å². The first kappa shape index (κ1) is 32.4. The van der Waals surface area contributed by atoms with Gasteiger partial charge < -0.3 is 23.7 Å². The van der Waals surface area contributed by atoms with Crippen LogP contribution in [0.15, 0.2) is 133 Å². The van der Waals surface area contributed by atoms with Gasteiger partial charge in [0.25, 0.3) is 0 Å². The Hall–Kier alpha value is -3.58. The molecule has 6 rings (SSSR count). The lowest BCUT2D eigenvalue weighted by Gasteiger charge is -2.41. The van der Waals surface area contributed by atoms with Crippen LogP contribution in [0.4, 0.5) is 0 Å². The molecule has 46 heavy (non-hydrogen) atoms. The van der Waals surface area contributed by atoms with E-state index in [0.717, 1.165) is 28.7 Å². The molecule has 1 fully saturated rings. The van der Waals surface area contributed by atoms with Gasteiger partial charge in [0, 0.05) is 13.7 Å². The van der Waals surface area contributed by atoms with Crippen LogP contribution in [0.5, 0.6) is 0 Å². The van der Waals surface area contributed by atoms with Crippen LogP contribution in [-0.2, 0) is 50.1 Å². The second-order valence-electron chi connectivity index (χ2n) is 12.5. The van der Waals surface area contributed by atoms with Gasteiger partial charge in [-0.25, -0.2) is 0 Å². The van der Waals surface area contributed by atoms with Crippen molar-refractivity contribution in [3.8, 4) is 0 Å². The normalized spacial score (nSPS) is 22.1. The standard InChI is InChI=1S/C41H46O5/c1-42-29-37-35-22-23-36(24-35)39(37)41(46-28-34-20-12-5-13-21-34)40(45-27-33-18-10-4-11-19-33)38(44-26-32-16-8-3-9-17-32)30-43-25-31-14-6-2-7-15-31/h2-23,35-41H,24-30H2,1H3/t35-,36+,37+,38-,39-,40-,41-/m1/s1. The molecule has 2 aliphatic carbocycles. The summed E-state index contributed by atoms with van der Waals surface area (Å²) in [5.74, 6) is 1.43. The molecule has 0 aliphatic heterocycles. The summed E-state index contributed by atoms with van der Waals surface area (Å²) in [6.45, 7) is 2.95. The molecule has 5 heteroatoms. The maximum atomic E-state index is 7.04. The molecule has 0 radical (unpaired) electrons. The van der Waals surface area contributed by atoms with Crippen molar-refractivity contribution in [3.63, 3.8) is 0 Å². The minimum absolute atomic E-state index is 0.219. The first-order valence-corrected chi connectivity index (χ1v) is 16.5. The molecule has 0 amide bonds. The summed E-state index contributed by atoms with van der Waals surface area (Å²) in [7, 11) is 1.80. The van der Waals surface area contributed by atoms with Gasteiger partial charge in [-0.3, -0.25) is 0 Å². The monoisotopic (exact) mass is 618 g/mol. The van der Waals surface area contributed by atoms with Crippen LogP contribution in [0.3, 0.4) is 0 Å². The van der Waals surface area contributed by atoms with E-state index in [4.69, 9.17) is 23.7 Å². The Kier molecular flexibility index (Phi) is 11.8. The molecular formula is C41H46O5. The molecule has 0 aromatic heterocycles. The lowest BCUT2D eigenvalue weighted by molar-refractivity contribution is -0.188. The highest BCUT2D eigenvalue weighted by molar-refractivity contribution is 5.19. The van der Waals surface area contributed by atoms with Crippen LogP contribution in [0, 0.1) is 23.7 Å². The first-order chi connectivity index (χ1) is 22.8. The van der Waals surface area contributed by atoms with E-state index in [-0.39, 0.29) is 24.2 Å². The minimum Gasteiger partial charge on any atom is -0.384 e. The number of rotatable bonds is 18. The summed E-state index contributed by atoms with van der Waals surface area (Å²) < 4.78 is 33.1. The zero-order valence-electron chi connectivity index (χ0n) is 26.7. The molecular weight excluding hydrogens is 572 g/mol. The van der Waals surface area contributed by atoms with Crippen molar-refractivity contribution in [2.75, 3.05) is 20.3 Å². The molecule has 1 saturated carbocycles. The molecule has 2 aliphatic rings. The number of hydrogen-bond acceptors (Lipinski definition) is 5. The average molecular weight is 619 g/mol. The Labute approximate surface area is 274 Å². The van der Waals surface area contributed by atoms with E-state index in [1.54, 1.807) is 7.11 Å². The molecule has 240 valence electrons. The number of allylic oxidation sites excluding steroid dienone is 2. The molecule has 0 N–H and O–H groups in total. The predicted molar refractivity (Wildman–Crippen MR) is 181 cm³/mol. The van der Waals surface area contributed by atoms with Gasteiger partial charge in [-0.15, -0.1) is 0 Å². The fraction of sp³-hybridized carbons (Fsp3) is 0.366. The Morgan fingerprint density at radius 2 is 1.04 bits per heavy atom. The van der Waals surface area contributed by atoms with Gasteiger partial charge in [-0.1, -0.05) is 133 Å². The summed E-state index contributed by atoms with van der Waals surface area (Å²) in [4.78, 5) is 0. The molecule has 0 spiro atoms. The lowest BCUT2D eigenvalue weighted by Crippen LogP contribution is -2.51. The fourth-order valence-corrected chi connectivity index (χ4v) is 7.13. The van der Waals surface area contributed by atoms with Crippen molar-refractivity contribution in [1.82, 2.24) is 0 Å². The maximum Gasteiger partial charge on any atom is 0.113 e. The van der Waals surface area contributed by atoms with Crippen LogP contribution in [0.1, 0.15) is 28.7 Å². The average Bonchev–Trinajstić information content (AvgIpc) is 3.72. The Morgan fingerprint density at radius 1 is 0.565 bits per heavy atom. The summed E-state index contributed by atoms with van der Waals surface area (Å²) in [6, 6.07) is 41.4. The van der Waals surface area contributed by atoms with Crippen LogP contribution in [0.25, 0.3) is 0 Å². The Morgan fingerprint density at radius 3 is 1.59 bits per heavy atom.